The van der Waals surface area contributed by atoms with Crippen molar-refractivity contribution in [3.63, 3.8) is 0 Å². The SMILES string of the molecule is CCCCOc1ccc(S(=O)(=O)N2CCC(CNC[C@H](O)COc3cccc4[nH]c5ccccc5c34)CC2)cc1. The summed E-state index contributed by atoms with van der Waals surface area (Å²) >= 11 is 0. The quantitative estimate of drug-likeness (QED) is 0.199. The molecule has 0 radical (unpaired) electrons. The second kappa shape index (κ2) is 13.0. The van der Waals surface area contributed by atoms with Gasteiger partial charge in [0.2, 0.25) is 10.0 Å². The van der Waals surface area contributed by atoms with Gasteiger partial charge in [0, 0.05) is 35.9 Å². The first-order valence-electron chi connectivity index (χ1n) is 14.2. The highest BCUT2D eigenvalue weighted by Gasteiger charge is 2.29. The molecule has 0 unspecified atom stereocenters. The second-order valence-corrected chi connectivity index (χ2v) is 12.4. The van der Waals surface area contributed by atoms with Gasteiger partial charge in [-0.2, -0.15) is 4.31 Å². The zero-order valence-corrected chi connectivity index (χ0v) is 23.8. The number of sulfonamides is 1. The van der Waals surface area contributed by atoms with E-state index in [1.807, 2.05) is 36.4 Å². The number of benzene rings is 3. The lowest BCUT2D eigenvalue weighted by Crippen LogP contribution is -2.42. The van der Waals surface area contributed by atoms with Crippen LogP contribution in [0.1, 0.15) is 32.6 Å². The molecule has 0 aliphatic carbocycles. The Morgan fingerprint density at radius 2 is 1.75 bits per heavy atom. The van der Waals surface area contributed by atoms with Gasteiger partial charge in [-0.25, -0.2) is 8.42 Å². The van der Waals surface area contributed by atoms with E-state index in [0.717, 1.165) is 59.8 Å². The van der Waals surface area contributed by atoms with Gasteiger partial charge in [0.1, 0.15) is 24.2 Å². The monoisotopic (exact) mass is 565 g/mol. The summed E-state index contributed by atoms with van der Waals surface area (Å²) in [5.41, 5.74) is 2.06. The van der Waals surface area contributed by atoms with E-state index in [9.17, 15) is 13.5 Å². The van der Waals surface area contributed by atoms with E-state index in [1.165, 1.54) is 0 Å². The van der Waals surface area contributed by atoms with Gasteiger partial charge < -0.3 is 24.9 Å². The van der Waals surface area contributed by atoms with Gasteiger partial charge in [-0.05, 0) is 74.2 Å². The smallest absolute Gasteiger partial charge is 0.243 e. The summed E-state index contributed by atoms with van der Waals surface area (Å²) in [5.74, 6) is 1.80. The molecule has 1 saturated heterocycles. The molecule has 214 valence electrons. The molecule has 4 aromatic rings. The molecule has 1 aliphatic rings. The molecule has 0 spiro atoms. The van der Waals surface area contributed by atoms with Crippen molar-refractivity contribution in [3.05, 3.63) is 66.7 Å². The lowest BCUT2D eigenvalue weighted by molar-refractivity contribution is 0.105. The molecule has 1 fully saturated rings. The average molecular weight is 566 g/mol. The van der Waals surface area contributed by atoms with Gasteiger partial charge >= 0.3 is 0 Å². The maximum atomic E-state index is 13.1. The van der Waals surface area contributed by atoms with Crippen LogP contribution in [-0.4, -0.2) is 68.3 Å². The Morgan fingerprint density at radius 3 is 2.52 bits per heavy atom. The number of rotatable bonds is 13. The topological polar surface area (TPSA) is 104 Å². The second-order valence-electron chi connectivity index (χ2n) is 10.5. The van der Waals surface area contributed by atoms with Crippen LogP contribution in [-0.2, 0) is 10.0 Å². The van der Waals surface area contributed by atoms with Crippen molar-refractivity contribution in [1.29, 1.82) is 0 Å². The third kappa shape index (κ3) is 6.61. The third-order valence-corrected chi connectivity index (χ3v) is 9.45. The lowest BCUT2D eigenvalue weighted by atomic mass is 9.98. The molecule has 2 heterocycles. The van der Waals surface area contributed by atoms with Crippen molar-refractivity contribution in [2.24, 2.45) is 5.92 Å². The van der Waals surface area contributed by atoms with Crippen molar-refractivity contribution in [2.45, 2.75) is 43.6 Å². The number of ether oxygens (including phenoxy) is 2. The van der Waals surface area contributed by atoms with Crippen LogP contribution in [0.25, 0.3) is 21.8 Å². The summed E-state index contributed by atoms with van der Waals surface area (Å²) in [6.45, 7) is 5.04. The van der Waals surface area contributed by atoms with Crippen LogP contribution in [0.4, 0.5) is 0 Å². The largest absolute Gasteiger partial charge is 0.494 e. The number of fused-ring (bicyclic) bond motifs is 3. The molecule has 9 heteroatoms. The van der Waals surface area contributed by atoms with Crippen molar-refractivity contribution < 1.29 is 23.0 Å². The zero-order chi connectivity index (χ0) is 28.0. The molecule has 40 heavy (non-hydrogen) atoms. The van der Waals surface area contributed by atoms with Gasteiger partial charge in [-0.1, -0.05) is 37.6 Å². The van der Waals surface area contributed by atoms with E-state index in [1.54, 1.807) is 28.6 Å². The lowest BCUT2D eigenvalue weighted by Gasteiger charge is -2.31. The Bertz CT molecular complexity index is 1490. The zero-order valence-electron chi connectivity index (χ0n) is 23.0. The van der Waals surface area contributed by atoms with Crippen LogP contribution in [0, 0.1) is 5.92 Å². The first kappa shape index (κ1) is 28.4. The molecule has 3 aromatic carbocycles. The molecular weight excluding hydrogens is 526 g/mol. The predicted octanol–water partition coefficient (Wildman–Crippen LogP) is 4.93. The highest BCUT2D eigenvalue weighted by atomic mass is 32.2. The number of nitrogens with zero attached hydrogens (tertiary/aromatic N) is 1. The van der Waals surface area contributed by atoms with Gasteiger partial charge in [0.15, 0.2) is 0 Å². The van der Waals surface area contributed by atoms with Gasteiger partial charge in [-0.3, -0.25) is 0 Å². The van der Waals surface area contributed by atoms with Crippen LogP contribution >= 0.6 is 0 Å². The average Bonchev–Trinajstić information content (AvgIpc) is 3.36. The third-order valence-electron chi connectivity index (χ3n) is 7.54. The molecule has 0 bridgehead atoms. The highest BCUT2D eigenvalue weighted by Crippen LogP contribution is 2.33. The van der Waals surface area contributed by atoms with Gasteiger partial charge in [0.25, 0.3) is 0 Å². The van der Waals surface area contributed by atoms with Gasteiger partial charge in [-0.15, -0.1) is 0 Å². The van der Waals surface area contributed by atoms with Crippen LogP contribution < -0.4 is 14.8 Å². The van der Waals surface area contributed by atoms with Crippen molar-refractivity contribution in [1.82, 2.24) is 14.6 Å². The van der Waals surface area contributed by atoms with Crippen molar-refractivity contribution in [2.75, 3.05) is 39.4 Å². The summed E-state index contributed by atoms with van der Waals surface area (Å²) in [4.78, 5) is 3.71. The summed E-state index contributed by atoms with van der Waals surface area (Å²) in [6, 6.07) is 20.7. The predicted molar refractivity (Wildman–Crippen MR) is 159 cm³/mol. The van der Waals surface area contributed by atoms with Crippen LogP contribution in [0.3, 0.4) is 0 Å². The normalized spacial score (nSPS) is 15.9. The number of aliphatic hydroxyl groups is 1. The Hall–Kier alpha value is -3.11. The summed E-state index contributed by atoms with van der Waals surface area (Å²) in [5, 5.41) is 16.0. The number of aromatic nitrogens is 1. The number of hydrogen-bond acceptors (Lipinski definition) is 6. The van der Waals surface area contributed by atoms with E-state index in [2.05, 4.69) is 23.3 Å². The molecule has 0 amide bonds. The van der Waals surface area contributed by atoms with E-state index < -0.39 is 16.1 Å². The molecule has 1 atom stereocenters. The summed E-state index contributed by atoms with van der Waals surface area (Å²) in [6.07, 6.45) is 2.92. The van der Waals surface area contributed by atoms with E-state index in [0.29, 0.717) is 42.8 Å². The molecule has 3 N–H and O–H groups in total. The molecule has 1 aromatic heterocycles. The van der Waals surface area contributed by atoms with E-state index in [-0.39, 0.29) is 6.61 Å². The number of unbranched alkanes of at least 4 members (excludes halogenated alkanes) is 1. The Balaban J connectivity index is 1.05. The number of aliphatic hydroxyl groups excluding tert-OH is 1. The molecule has 8 nitrogen and oxygen atoms in total. The fourth-order valence-corrected chi connectivity index (χ4v) is 6.70. The van der Waals surface area contributed by atoms with Gasteiger partial charge in [0.05, 0.1) is 17.0 Å². The minimum absolute atomic E-state index is 0.185. The number of piperidine rings is 1. The molecule has 5 rings (SSSR count). The highest BCUT2D eigenvalue weighted by molar-refractivity contribution is 7.89. The molecule has 0 saturated carbocycles. The van der Waals surface area contributed by atoms with Crippen molar-refractivity contribution >= 4 is 31.8 Å². The van der Waals surface area contributed by atoms with Crippen molar-refractivity contribution in [3.8, 4) is 11.5 Å². The molecular formula is C31H39N3O5S. The number of nitrogens with one attached hydrogen (secondary N) is 2. The summed E-state index contributed by atoms with van der Waals surface area (Å²) in [7, 11) is -3.52. The number of para-hydroxylation sites is 1. The first-order chi connectivity index (χ1) is 19.5. The van der Waals surface area contributed by atoms with Crippen LogP contribution in [0.5, 0.6) is 11.5 Å². The Morgan fingerprint density at radius 1 is 1.00 bits per heavy atom. The minimum atomic E-state index is -3.52. The fourth-order valence-electron chi connectivity index (χ4n) is 5.23. The number of H-pyrrole nitrogens is 1. The fraction of sp³-hybridized carbons (Fsp3) is 0.419. The maximum absolute atomic E-state index is 13.1. The van der Waals surface area contributed by atoms with Crippen LogP contribution in [0.2, 0.25) is 0 Å². The first-order valence-corrected chi connectivity index (χ1v) is 15.6. The number of hydrogen-bond donors (Lipinski definition) is 3. The van der Waals surface area contributed by atoms with E-state index in [4.69, 9.17) is 9.47 Å². The minimum Gasteiger partial charge on any atom is -0.494 e. The molecule has 1 aliphatic heterocycles. The maximum Gasteiger partial charge on any atom is 0.243 e. The van der Waals surface area contributed by atoms with Crippen LogP contribution in [0.15, 0.2) is 71.6 Å². The van der Waals surface area contributed by atoms with E-state index >= 15 is 0 Å². The standard InChI is InChI=1S/C31H39N3O5S/c1-2-3-19-38-25-11-13-26(14-12-25)40(36,37)34-17-15-23(16-18-34)20-32-21-24(35)22-39-30-10-6-9-29-31(30)27-7-4-5-8-28(27)33-29/h4-14,23-24,32-33,35H,2-3,15-22H2,1H3/t24-/m0/s1. The summed E-state index contributed by atoms with van der Waals surface area (Å²) < 4.78 is 39.5. The Labute approximate surface area is 236 Å². The Kier molecular flexibility index (Phi) is 9.26. The number of aromatic amines is 1.